The maximum absolute atomic E-state index is 10.8. The molecular formula is C18H15N3O. The van der Waals surface area contributed by atoms with E-state index in [0.717, 1.165) is 28.2 Å². The SMILES string of the molecule is O[C@@H]1c2cccnc2-c2ncccc2[C@H]1Nc1ccccc1. The molecule has 0 unspecified atom stereocenters. The second-order valence-electron chi connectivity index (χ2n) is 5.32. The van der Waals surface area contributed by atoms with Crippen LogP contribution < -0.4 is 5.32 Å². The molecule has 108 valence electrons. The lowest BCUT2D eigenvalue weighted by atomic mass is 9.86. The van der Waals surface area contributed by atoms with Gasteiger partial charge in [-0.15, -0.1) is 0 Å². The smallest absolute Gasteiger partial charge is 0.105 e. The normalized spacial score (nSPS) is 19.1. The molecule has 0 bridgehead atoms. The van der Waals surface area contributed by atoms with Crippen molar-refractivity contribution < 1.29 is 5.11 Å². The highest BCUT2D eigenvalue weighted by atomic mass is 16.3. The third-order valence-corrected chi connectivity index (χ3v) is 3.97. The summed E-state index contributed by atoms with van der Waals surface area (Å²) in [6, 6.07) is 17.3. The van der Waals surface area contributed by atoms with Crippen molar-refractivity contribution in [3.8, 4) is 11.4 Å². The molecular weight excluding hydrogens is 274 g/mol. The molecule has 4 heteroatoms. The molecule has 4 nitrogen and oxygen atoms in total. The summed E-state index contributed by atoms with van der Waals surface area (Å²) in [6.07, 6.45) is 2.82. The topological polar surface area (TPSA) is 58.0 Å². The first-order valence-corrected chi connectivity index (χ1v) is 7.24. The molecule has 0 amide bonds. The summed E-state index contributed by atoms with van der Waals surface area (Å²) in [5.41, 5.74) is 4.33. The van der Waals surface area contributed by atoms with Crippen LogP contribution >= 0.6 is 0 Å². The first kappa shape index (κ1) is 13.0. The molecule has 0 saturated carbocycles. The van der Waals surface area contributed by atoms with Crippen molar-refractivity contribution in [3.63, 3.8) is 0 Å². The van der Waals surface area contributed by atoms with Crippen LogP contribution in [-0.4, -0.2) is 15.1 Å². The number of anilines is 1. The second kappa shape index (κ2) is 5.24. The number of benzene rings is 1. The number of rotatable bonds is 2. The first-order valence-electron chi connectivity index (χ1n) is 7.24. The number of aliphatic hydroxyl groups excluding tert-OH is 1. The Morgan fingerprint density at radius 3 is 2.14 bits per heavy atom. The van der Waals surface area contributed by atoms with Crippen LogP contribution in [0.5, 0.6) is 0 Å². The highest BCUT2D eigenvalue weighted by Gasteiger charge is 2.33. The van der Waals surface area contributed by atoms with Crippen LogP contribution in [-0.2, 0) is 0 Å². The van der Waals surface area contributed by atoms with Gasteiger partial charge < -0.3 is 10.4 Å². The van der Waals surface area contributed by atoms with E-state index in [-0.39, 0.29) is 6.04 Å². The summed E-state index contributed by atoms with van der Waals surface area (Å²) in [5.74, 6) is 0. The molecule has 2 heterocycles. The van der Waals surface area contributed by atoms with Crippen molar-refractivity contribution in [3.05, 3.63) is 78.1 Å². The Morgan fingerprint density at radius 2 is 1.41 bits per heavy atom. The van der Waals surface area contributed by atoms with Gasteiger partial charge in [-0.25, -0.2) is 0 Å². The predicted octanol–water partition coefficient (Wildman–Crippen LogP) is 3.34. The zero-order chi connectivity index (χ0) is 14.9. The van der Waals surface area contributed by atoms with Crippen molar-refractivity contribution in [1.29, 1.82) is 0 Å². The van der Waals surface area contributed by atoms with Gasteiger partial charge in [0.2, 0.25) is 0 Å². The number of fused-ring (bicyclic) bond motifs is 3. The van der Waals surface area contributed by atoms with E-state index in [1.807, 2.05) is 54.6 Å². The lowest BCUT2D eigenvalue weighted by Crippen LogP contribution is -2.25. The van der Waals surface area contributed by atoms with E-state index in [1.54, 1.807) is 12.4 Å². The lowest BCUT2D eigenvalue weighted by Gasteiger charge is -2.32. The van der Waals surface area contributed by atoms with Crippen LogP contribution in [0.4, 0.5) is 5.69 Å². The highest BCUT2D eigenvalue weighted by Crippen LogP contribution is 2.43. The molecule has 1 aliphatic rings. The Morgan fingerprint density at radius 1 is 0.773 bits per heavy atom. The largest absolute Gasteiger partial charge is 0.386 e. The van der Waals surface area contributed by atoms with Crippen LogP contribution in [0.1, 0.15) is 23.3 Å². The van der Waals surface area contributed by atoms with Crippen molar-refractivity contribution in [2.75, 3.05) is 5.32 Å². The van der Waals surface area contributed by atoms with Crippen molar-refractivity contribution in [2.45, 2.75) is 12.1 Å². The Kier molecular flexibility index (Phi) is 3.09. The molecule has 1 aliphatic carbocycles. The van der Waals surface area contributed by atoms with Gasteiger partial charge in [0, 0.05) is 29.2 Å². The van der Waals surface area contributed by atoms with Crippen molar-refractivity contribution in [1.82, 2.24) is 9.97 Å². The number of aliphatic hydroxyl groups is 1. The molecule has 3 aromatic rings. The van der Waals surface area contributed by atoms with E-state index in [0.29, 0.717) is 0 Å². The molecule has 2 aromatic heterocycles. The van der Waals surface area contributed by atoms with Crippen LogP contribution in [0.25, 0.3) is 11.4 Å². The molecule has 2 N–H and O–H groups in total. The second-order valence-corrected chi connectivity index (χ2v) is 5.32. The van der Waals surface area contributed by atoms with Gasteiger partial charge in [0.25, 0.3) is 0 Å². The minimum Gasteiger partial charge on any atom is -0.386 e. The minimum atomic E-state index is -0.666. The van der Waals surface area contributed by atoms with E-state index < -0.39 is 6.10 Å². The van der Waals surface area contributed by atoms with E-state index in [1.165, 1.54) is 0 Å². The summed E-state index contributed by atoms with van der Waals surface area (Å²) < 4.78 is 0. The van der Waals surface area contributed by atoms with E-state index in [4.69, 9.17) is 0 Å². The van der Waals surface area contributed by atoms with Gasteiger partial charge in [-0.1, -0.05) is 30.3 Å². The number of nitrogens with zero attached hydrogens (tertiary/aromatic N) is 2. The van der Waals surface area contributed by atoms with Crippen molar-refractivity contribution in [2.24, 2.45) is 0 Å². The molecule has 4 rings (SSSR count). The first-order chi connectivity index (χ1) is 10.8. The van der Waals surface area contributed by atoms with Gasteiger partial charge in [-0.2, -0.15) is 0 Å². The van der Waals surface area contributed by atoms with Gasteiger partial charge in [0.05, 0.1) is 17.4 Å². The van der Waals surface area contributed by atoms with Crippen LogP contribution in [0.15, 0.2) is 67.0 Å². The zero-order valence-electron chi connectivity index (χ0n) is 11.8. The Labute approximate surface area is 128 Å². The molecule has 0 saturated heterocycles. The van der Waals surface area contributed by atoms with Gasteiger partial charge in [-0.05, 0) is 24.3 Å². The van der Waals surface area contributed by atoms with Gasteiger partial charge in [0.1, 0.15) is 6.10 Å². The third-order valence-electron chi connectivity index (χ3n) is 3.97. The fourth-order valence-electron chi connectivity index (χ4n) is 2.94. The zero-order valence-corrected chi connectivity index (χ0v) is 11.8. The Balaban J connectivity index is 1.83. The maximum atomic E-state index is 10.8. The summed E-state index contributed by atoms with van der Waals surface area (Å²) in [6.45, 7) is 0. The van der Waals surface area contributed by atoms with Crippen LogP contribution in [0.3, 0.4) is 0 Å². The van der Waals surface area contributed by atoms with Crippen molar-refractivity contribution >= 4 is 5.69 Å². The molecule has 0 spiro atoms. The van der Waals surface area contributed by atoms with E-state index >= 15 is 0 Å². The number of para-hydroxylation sites is 1. The Bertz CT molecular complexity index is 804. The summed E-state index contributed by atoms with van der Waals surface area (Å²) in [5, 5.41) is 14.2. The highest BCUT2D eigenvalue weighted by molar-refractivity contribution is 5.68. The molecule has 0 fully saturated rings. The standard InChI is InChI=1S/C18H15N3O/c22-18-14-9-5-11-20-16(14)15-13(8-4-10-19-15)17(18)21-12-6-2-1-3-7-12/h1-11,17-18,21-22H/t17-,18-/m1/s1. The summed E-state index contributed by atoms with van der Waals surface area (Å²) in [4.78, 5) is 8.88. The fourth-order valence-corrected chi connectivity index (χ4v) is 2.94. The monoisotopic (exact) mass is 289 g/mol. The number of hydrogen-bond acceptors (Lipinski definition) is 4. The van der Waals surface area contributed by atoms with Gasteiger partial charge in [0.15, 0.2) is 0 Å². The average molecular weight is 289 g/mol. The predicted molar refractivity (Wildman–Crippen MR) is 85.2 cm³/mol. The quantitative estimate of drug-likeness (QED) is 0.759. The van der Waals surface area contributed by atoms with Crippen LogP contribution in [0, 0.1) is 0 Å². The Hall–Kier alpha value is -2.72. The van der Waals surface area contributed by atoms with Crippen LogP contribution in [0.2, 0.25) is 0 Å². The number of pyridine rings is 2. The minimum absolute atomic E-state index is 0.247. The summed E-state index contributed by atoms with van der Waals surface area (Å²) >= 11 is 0. The number of hydrogen-bond donors (Lipinski definition) is 2. The molecule has 0 aliphatic heterocycles. The lowest BCUT2D eigenvalue weighted by molar-refractivity contribution is 0.153. The average Bonchev–Trinajstić information content (AvgIpc) is 2.59. The summed E-state index contributed by atoms with van der Waals surface area (Å²) in [7, 11) is 0. The molecule has 1 aromatic carbocycles. The maximum Gasteiger partial charge on any atom is 0.105 e. The number of nitrogens with one attached hydrogen (secondary N) is 1. The molecule has 2 atom stereocenters. The molecule has 0 radical (unpaired) electrons. The van der Waals surface area contributed by atoms with E-state index in [9.17, 15) is 5.11 Å². The number of aromatic nitrogens is 2. The third kappa shape index (κ3) is 2.05. The molecule has 22 heavy (non-hydrogen) atoms. The van der Waals surface area contributed by atoms with Gasteiger partial charge in [-0.3, -0.25) is 9.97 Å². The van der Waals surface area contributed by atoms with Gasteiger partial charge >= 0.3 is 0 Å². The van der Waals surface area contributed by atoms with E-state index in [2.05, 4.69) is 15.3 Å². The fraction of sp³-hybridized carbons (Fsp3) is 0.111.